The van der Waals surface area contributed by atoms with Gasteiger partial charge in [-0.1, -0.05) is 0 Å². The van der Waals surface area contributed by atoms with Crippen molar-refractivity contribution in [3.8, 4) is 0 Å². The van der Waals surface area contributed by atoms with Gasteiger partial charge in [-0.2, -0.15) is 0 Å². The first-order valence-corrected chi connectivity index (χ1v) is 4.12. The van der Waals surface area contributed by atoms with Crippen LogP contribution < -0.4 is 0 Å². The van der Waals surface area contributed by atoms with Crippen LogP contribution in [0, 0.1) is 0 Å². The molecule has 0 spiro atoms. The second-order valence-electron chi connectivity index (χ2n) is 3.27. The van der Waals surface area contributed by atoms with Gasteiger partial charge in [0.05, 0.1) is 13.2 Å². The van der Waals surface area contributed by atoms with Gasteiger partial charge in [0.25, 0.3) is 0 Å². The van der Waals surface area contributed by atoms with Crippen molar-refractivity contribution in [2.45, 2.75) is 30.2 Å². The van der Waals surface area contributed by atoms with Crippen molar-refractivity contribution in [2.24, 2.45) is 0 Å². The molecule has 1 rings (SSSR count). The third-order valence-electron chi connectivity index (χ3n) is 2.28. The summed E-state index contributed by atoms with van der Waals surface area (Å²) in [4.78, 5) is 0. The van der Waals surface area contributed by atoms with Gasteiger partial charge in [0.2, 0.25) is 5.79 Å². The molecule has 1 fully saturated rings. The van der Waals surface area contributed by atoms with Crippen LogP contribution in [0.5, 0.6) is 0 Å². The van der Waals surface area contributed by atoms with Crippen LogP contribution in [0.1, 0.15) is 0 Å². The SMILES string of the molecule is OC[C@H]1O[C@](O)(CO)[C@H](O)[C@H](O)[C@@H]1O. The highest BCUT2D eigenvalue weighted by Gasteiger charge is 2.52. The first-order chi connectivity index (χ1) is 6.46. The second kappa shape index (κ2) is 4.07. The standard InChI is InChI=1S/C7H14O7/c8-1-3-4(10)5(11)6(12)7(13,2-9)14-3/h3-6,8-13H,1-2H2/t3-,4-,5-,6-,7-/m1/s1. The topological polar surface area (TPSA) is 131 Å². The fraction of sp³-hybridized carbons (Fsp3) is 1.00. The van der Waals surface area contributed by atoms with Crippen LogP contribution >= 0.6 is 0 Å². The summed E-state index contributed by atoms with van der Waals surface area (Å²) in [7, 11) is 0. The molecule has 1 aliphatic rings. The third-order valence-corrected chi connectivity index (χ3v) is 2.28. The lowest BCUT2D eigenvalue weighted by molar-refractivity contribution is -0.357. The predicted octanol–water partition coefficient (Wildman–Crippen LogP) is -3.86. The van der Waals surface area contributed by atoms with Gasteiger partial charge in [0.15, 0.2) is 0 Å². The number of aliphatic hydroxyl groups excluding tert-OH is 5. The number of hydrogen-bond acceptors (Lipinski definition) is 7. The molecule has 5 atom stereocenters. The average Bonchev–Trinajstić information content (AvgIpc) is 2.20. The molecule has 0 aliphatic carbocycles. The lowest BCUT2D eigenvalue weighted by atomic mass is 9.93. The summed E-state index contributed by atoms with van der Waals surface area (Å²) in [6.45, 7) is -1.60. The molecule has 84 valence electrons. The summed E-state index contributed by atoms with van der Waals surface area (Å²) in [5, 5.41) is 54.6. The zero-order valence-corrected chi connectivity index (χ0v) is 7.32. The minimum absolute atomic E-state index is 0.646. The summed E-state index contributed by atoms with van der Waals surface area (Å²) in [5.41, 5.74) is 0. The Kier molecular flexibility index (Phi) is 3.43. The molecule has 0 aromatic rings. The number of aliphatic hydroxyl groups is 6. The van der Waals surface area contributed by atoms with Crippen LogP contribution in [-0.4, -0.2) is 74.1 Å². The van der Waals surface area contributed by atoms with E-state index in [-0.39, 0.29) is 0 Å². The monoisotopic (exact) mass is 210 g/mol. The molecule has 0 aromatic heterocycles. The fourth-order valence-corrected chi connectivity index (χ4v) is 1.35. The van der Waals surface area contributed by atoms with E-state index in [0.717, 1.165) is 0 Å². The highest BCUT2D eigenvalue weighted by atomic mass is 16.7. The quantitative estimate of drug-likeness (QED) is 0.275. The summed E-state index contributed by atoms with van der Waals surface area (Å²) in [5.74, 6) is -2.36. The maximum Gasteiger partial charge on any atom is 0.219 e. The highest BCUT2D eigenvalue weighted by molar-refractivity contribution is 4.95. The van der Waals surface area contributed by atoms with Crippen molar-refractivity contribution in [1.82, 2.24) is 0 Å². The molecule has 6 N–H and O–H groups in total. The van der Waals surface area contributed by atoms with Crippen molar-refractivity contribution in [3.05, 3.63) is 0 Å². The van der Waals surface area contributed by atoms with E-state index in [0.29, 0.717) is 0 Å². The van der Waals surface area contributed by atoms with E-state index in [2.05, 4.69) is 4.74 Å². The van der Waals surface area contributed by atoms with Gasteiger partial charge in [0.1, 0.15) is 24.4 Å². The zero-order chi connectivity index (χ0) is 10.9. The van der Waals surface area contributed by atoms with E-state index in [1.807, 2.05) is 0 Å². The van der Waals surface area contributed by atoms with Crippen LogP contribution in [0.4, 0.5) is 0 Å². The Balaban J connectivity index is 2.84. The molecule has 0 bridgehead atoms. The minimum Gasteiger partial charge on any atom is -0.394 e. The largest absolute Gasteiger partial charge is 0.394 e. The van der Waals surface area contributed by atoms with Crippen molar-refractivity contribution in [2.75, 3.05) is 13.2 Å². The van der Waals surface area contributed by atoms with Crippen LogP contribution in [0.25, 0.3) is 0 Å². The lowest BCUT2D eigenvalue weighted by Gasteiger charge is -2.44. The summed E-state index contributed by atoms with van der Waals surface area (Å²) in [6.07, 6.45) is -6.27. The van der Waals surface area contributed by atoms with Gasteiger partial charge in [0, 0.05) is 0 Å². The average molecular weight is 210 g/mol. The maximum absolute atomic E-state index is 9.43. The molecule has 1 saturated heterocycles. The van der Waals surface area contributed by atoms with E-state index in [4.69, 9.17) is 10.2 Å². The Labute approximate surface area is 79.8 Å². The van der Waals surface area contributed by atoms with E-state index in [1.54, 1.807) is 0 Å². The number of ether oxygens (including phenoxy) is 1. The van der Waals surface area contributed by atoms with E-state index >= 15 is 0 Å². The van der Waals surface area contributed by atoms with E-state index < -0.39 is 43.4 Å². The maximum atomic E-state index is 9.43. The van der Waals surface area contributed by atoms with Crippen LogP contribution in [0.2, 0.25) is 0 Å². The molecule has 7 heteroatoms. The van der Waals surface area contributed by atoms with Crippen molar-refractivity contribution < 1.29 is 35.4 Å². The molecular weight excluding hydrogens is 196 g/mol. The zero-order valence-electron chi connectivity index (χ0n) is 7.32. The van der Waals surface area contributed by atoms with E-state index in [9.17, 15) is 20.4 Å². The van der Waals surface area contributed by atoms with Crippen molar-refractivity contribution in [1.29, 1.82) is 0 Å². The van der Waals surface area contributed by atoms with Crippen LogP contribution in [0.15, 0.2) is 0 Å². The Morgan fingerprint density at radius 3 is 2.07 bits per heavy atom. The second-order valence-corrected chi connectivity index (χ2v) is 3.27. The van der Waals surface area contributed by atoms with Crippen molar-refractivity contribution >= 4 is 0 Å². The summed E-state index contributed by atoms with van der Waals surface area (Å²) >= 11 is 0. The third kappa shape index (κ3) is 1.75. The Morgan fingerprint density at radius 1 is 1.07 bits per heavy atom. The van der Waals surface area contributed by atoms with Crippen LogP contribution in [-0.2, 0) is 4.74 Å². The molecule has 0 saturated carbocycles. The Hall–Kier alpha value is -0.280. The minimum atomic E-state index is -2.36. The first kappa shape index (κ1) is 11.8. The molecule has 0 amide bonds. The predicted molar refractivity (Wildman–Crippen MR) is 42.0 cm³/mol. The number of hydrogen-bond donors (Lipinski definition) is 6. The van der Waals surface area contributed by atoms with E-state index in [1.165, 1.54) is 0 Å². The van der Waals surface area contributed by atoms with Gasteiger partial charge in [-0.05, 0) is 0 Å². The van der Waals surface area contributed by atoms with Gasteiger partial charge in [-0.25, -0.2) is 0 Å². The van der Waals surface area contributed by atoms with Crippen LogP contribution in [0.3, 0.4) is 0 Å². The lowest BCUT2D eigenvalue weighted by Crippen LogP contribution is -2.66. The van der Waals surface area contributed by atoms with Gasteiger partial charge in [-0.15, -0.1) is 0 Å². The first-order valence-electron chi connectivity index (χ1n) is 4.12. The fourth-order valence-electron chi connectivity index (χ4n) is 1.35. The van der Waals surface area contributed by atoms with Gasteiger partial charge < -0.3 is 35.4 Å². The number of rotatable bonds is 2. The molecule has 1 aliphatic heterocycles. The molecule has 0 radical (unpaired) electrons. The summed E-state index contributed by atoms with van der Waals surface area (Å²) in [6, 6.07) is 0. The molecule has 14 heavy (non-hydrogen) atoms. The highest BCUT2D eigenvalue weighted by Crippen LogP contribution is 2.27. The normalized spacial score (nSPS) is 49.3. The molecular formula is C7H14O7. The Morgan fingerprint density at radius 2 is 1.64 bits per heavy atom. The summed E-state index contributed by atoms with van der Waals surface area (Å²) < 4.78 is 4.66. The molecule has 0 aromatic carbocycles. The van der Waals surface area contributed by atoms with Crippen molar-refractivity contribution in [3.63, 3.8) is 0 Å². The Bertz CT molecular complexity index is 196. The van der Waals surface area contributed by atoms with Gasteiger partial charge in [-0.3, -0.25) is 0 Å². The molecule has 0 unspecified atom stereocenters. The smallest absolute Gasteiger partial charge is 0.219 e. The molecule has 7 nitrogen and oxygen atoms in total. The molecule has 1 heterocycles. The van der Waals surface area contributed by atoms with Gasteiger partial charge >= 0.3 is 0 Å².